The molecular formula is C12H17F3N2O. The summed E-state index contributed by atoms with van der Waals surface area (Å²) in [6.07, 6.45) is -4.19. The van der Waals surface area contributed by atoms with Crippen molar-refractivity contribution in [3.05, 3.63) is 23.8 Å². The minimum atomic E-state index is -4.19. The molecule has 6 heteroatoms. The summed E-state index contributed by atoms with van der Waals surface area (Å²) >= 11 is 0. The minimum absolute atomic E-state index is 0.192. The maximum atomic E-state index is 12.3. The number of ether oxygens (including phenoxy) is 1. The van der Waals surface area contributed by atoms with E-state index in [9.17, 15) is 13.2 Å². The lowest BCUT2D eigenvalue weighted by molar-refractivity contribution is -0.146. The van der Waals surface area contributed by atoms with Crippen LogP contribution >= 0.6 is 0 Å². The second-order valence-electron chi connectivity index (χ2n) is 4.03. The molecule has 1 rings (SSSR count). The molecule has 0 aliphatic heterocycles. The van der Waals surface area contributed by atoms with Crippen LogP contribution in [-0.2, 0) is 6.54 Å². The lowest BCUT2D eigenvalue weighted by Crippen LogP contribution is -2.33. The molecule has 18 heavy (non-hydrogen) atoms. The van der Waals surface area contributed by atoms with E-state index in [4.69, 9.17) is 10.5 Å². The average molecular weight is 262 g/mol. The third kappa shape index (κ3) is 4.83. The Balaban J connectivity index is 2.78. The van der Waals surface area contributed by atoms with Crippen molar-refractivity contribution < 1.29 is 17.9 Å². The Hall–Kier alpha value is -1.43. The van der Waals surface area contributed by atoms with E-state index in [1.54, 1.807) is 25.1 Å². The number of hydrogen-bond acceptors (Lipinski definition) is 3. The summed E-state index contributed by atoms with van der Waals surface area (Å²) in [6.45, 7) is 1.27. The van der Waals surface area contributed by atoms with Crippen molar-refractivity contribution in [1.82, 2.24) is 4.90 Å². The second-order valence-corrected chi connectivity index (χ2v) is 4.03. The van der Waals surface area contributed by atoms with Gasteiger partial charge in [-0.15, -0.1) is 0 Å². The first kappa shape index (κ1) is 14.6. The predicted molar refractivity (Wildman–Crippen MR) is 64.4 cm³/mol. The number of benzene rings is 1. The number of alkyl halides is 3. The highest BCUT2D eigenvalue weighted by molar-refractivity contribution is 5.47. The monoisotopic (exact) mass is 262 g/mol. The molecule has 0 heterocycles. The number of rotatable bonds is 5. The van der Waals surface area contributed by atoms with Gasteiger partial charge < -0.3 is 10.5 Å². The molecule has 0 aliphatic carbocycles. The van der Waals surface area contributed by atoms with E-state index in [0.717, 1.165) is 0 Å². The molecule has 0 amide bonds. The molecule has 3 nitrogen and oxygen atoms in total. The van der Waals surface area contributed by atoms with Gasteiger partial charge in [0.1, 0.15) is 5.75 Å². The van der Waals surface area contributed by atoms with E-state index >= 15 is 0 Å². The van der Waals surface area contributed by atoms with Gasteiger partial charge in [-0.1, -0.05) is 6.92 Å². The molecular weight excluding hydrogens is 245 g/mol. The van der Waals surface area contributed by atoms with Gasteiger partial charge in [0.25, 0.3) is 0 Å². The molecule has 0 radical (unpaired) electrons. The lowest BCUT2D eigenvalue weighted by Gasteiger charge is -2.22. The first-order chi connectivity index (χ1) is 8.34. The third-order valence-electron chi connectivity index (χ3n) is 2.48. The van der Waals surface area contributed by atoms with Crippen LogP contribution in [0.15, 0.2) is 18.2 Å². The van der Waals surface area contributed by atoms with Gasteiger partial charge in [0.15, 0.2) is 0 Å². The highest BCUT2D eigenvalue weighted by Crippen LogP contribution is 2.22. The van der Waals surface area contributed by atoms with Crippen molar-refractivity contribution in [2.24, 2.45) is 0 Å². The van der Waals surface area contributed by atoms with Gasteiger partial charge >= 0.3 is 6.18 Å². The van der Waals surface area contributed by atoms with Crippen molar-refractivity contribution in [2.75, 3.05) is 25.9 Å². The van der Waals surface area contributed by atoms with Gasteiger partial charge in [-0.25, -0.2) is 0 Å². The number of hydrogen-bond donors (Lipinski definition) is 1. The number of anilines is 1. The Morgan fingerprint density at radius 2 is 1.94 bits per heavy atom. The van der Waals surface area contributed by atoms with Gasteiger partial charge in [0, 0.05) is 18.3 Å². The van der Waals surface area contributed by atoms with Crippen molar-refractivity contribution in [1.29, 1.82) is 0 Å². The average Bonchev–Trinajstić information content (AvgIpc) is 2.25. The van der Waals surface area contributed by atoms with Gasteiger partial charge in [-0.3, -0.25) is 4.90 Å². The standard InChI is InChI=1S/C12H17F3N2O/c1-3-17(8-12(13,14)15)7-9-4-10(16)6-11(5-9)18-2/h4-6H,3,7-8,16H2,1-2H3. The van der Waals surface area contributed by atoms with Crippen LogP contribution in [0, 0.1) is 0 Å². The smallest absolute Gasteiger partial charge is 0.401 e. The topological polar surface area (TPSA) is 38.5 Å². The number of nitrogen functional groups attached to an aromatic ring is 1. The van der Waals surface area contributed by atoms with Crippen LogP contribution < -0.4 is 10.5 Å². The van der Waals surface area contributed by atoms with Crippen molar-refractivity contribution in [3.63, 3.8) is 0 Å². The molecule has 0 bridgehead atoms. The van der Waals surface area contributed by atoms with Gasteiger partial charge in [0.05, 0.1) is 13.7 Å². The molecule has 0 fully saturated rings. The molecule has 1 aromatic carbocycles. The van der Waals surface area contributed by atoms with Gasteiger partial charge in [-0.2, -0.15) is 13.2 Å². The van der Waals surface area contributed by atoms with Gasteiger partial charge in [0.2, 0.25) is 0 Å². The first-order valence-corrected chi connectivity index (χ1v) is 5.56. The summed E-state index contributed by atoms with van der Waals surface area (Å²) in [6, 6.07) is 4.97. The molecule has 0 unspecified atom stereocenters. The Bertz CT molecular complexity index is 393. The molecule has 0 aromatic heterocycles. The summed E-state index contributed by atoms with van der Waals surface area (Å²) < 4.78 is 42.0. The number of nitrogens with two attached hydrogens (primary N) is 1. The molecule has 2 N–H and O–H groups in total. The number of nitrogens with zero attached hydrogens (tertiary/aromatic N) is 1. The maximum absolute atomic E-state index is 12.3. The Morgan fingerprint density at radius 1 is 1.28 bits per heavy atom. The second kappa shape index (κ2) is 5.95. The molecule has 102 valence electrons. The molecule has 0 aliphatic rings. The summed E-state index contributed by atoms with van der Waals surface area (Å²) in [5.41, 5.74) is 6.84. The quantitative estimate of drug-likeness (QED) is 0.829. The van der Waals surface area contributed by atoms with Crippen LogP contribution in [0.4, 0.5) is 18.9 Å². The highest BCUT2D eigenvalue weighted by atomic mass is 19.4. The first-order valence-electron chi connectivity index (χ1n) is 5.56. The molecule has 0 saturated carbocycles. The normalized spacial score (nSPS) is 11.9. The zero-order chi connectivity index (χ0) is 13.8. The fourth-order valence-electron chi connectivity index (χ4n) is 1.69. The zero-order valence-electron chi connectivity index (χ0n) is 10.4. The summed E-state index contributed by atoms with van der Waals surface area (Å²) in [7, 11) is 1.49. The Kier molecular flexibility index (Phi) is 4.84. The van der Waals surface area contributed by atoms with Crippen LogP contribution in [-0.4, -0.2) is 31.3 Å². The Labute approximate surface area is 104 Å². The lowest BCUT2D eigenvalue weighted by atomic mass is 10.1. The third-order valence-corrected chi connectivity index (χ3v) is 2.48. The van der Waals surface area contributed by atoms with Crippen LogP contribution in [0.25, 0.3) is 0 Å². The van der Waals surface area contributed by atoms with Crippen LogP contribution in [0.2, 0.25) is 0 Å². The van der Waals surface area contributed by atoms with Crippen LogP contribution in [0.5, 0.6) is 5.75 Å². The van der Waals surface area contributed by atoms with Crippen LogP contribution in [0.3, 0.4) is 0 Å². The molecule has 0 atom stereocenters. The fourth-order valence-corrected chi connectivity index (χ4v) is 1.69. The van der Waals surface area contributed by atoms with E-state index in [1.165, 1.54) is 12.0 Å². The SMILES string of the molecule is CCN(Cc1cc(N)cc(OC)c1)CC(F)(F)F. The van der Waals surface area contributed by atoms with E-state index in [2.05, 4.69) is 0 Å². The molecule has 0 saturated heterocycles. The summed E-state index contributed by atoms with van der Waals surface area (Å²) in [5, 5.41) is 0. The predicted octanol–water partition coefficient (Wildman–Crippen LogP) is 2.66. The Morgan fingerprint density at radius 3 is 2.44 bits per heavy atom. The summed E-state index contributed by atoms with van der Waals surface area (Å²) in [5.74, 6) is 0.549. The minimum Gasteiger partial charge on any atom is -0.497 e. The molecule has 0 spiro atoms. The van der Waals surface area contributed by atoms with Crippen LogP contribution in [0.1, 0.15) is 12.5 Å². The molecule has 1 aromatic rings. The van der Waals surface area contributed by atoms with Crippen molar-refractivity contribution in [3.8, 4) is 5.75 Å². The van der Waals surface area contributed by atoms with Crippen molar-refractivity contribution in [2.45, 2.75) is 19.6 Å². The summed E-state index contributed by atoms with van der Waals surface area (Å²) in [4.78, 5) is 1.30. The van der Waals surface area contributed by atoms with Gasteiger partial charge in [-0.05, 0) is 24.2 Å². The van der Waals surface area contributed by atoms with E-state index in [-0.39, 0.29) is 6.54 Å². The highest BCUT2D eigenvalue weighted by Gasteiger charge is 2.30. The fraction of sp³-hybridized carbons (Fsp3) is 0.500. The number of methoxy groups -OCH3 is 1. The van der Waals surface area contributed by atoms with E-state index in [0.29, 0.717) is 23.5 Å². The number of halogens is 3. The van der Waals surface area contributed by atoms with E-state index < -0.39 is 12.7 Å². The maximum Gasteiger partial charge on any atom is 0.401 e. The van der Waals surface area contributed by atoms with E-state index in [1.807, 2.05) is 0 Å². The van der Waals surface area contributed by atoms with Crippen molar-refractivity contribution >= 4 is 5.69 Å². The largest absolute Gasteiger partial charge is 0.497 e. The zero-order valence-corrected chi connectivity index (χ0v) is 10.4.